The summed E-state index contributed by atoms with van der Waals surface area (Å²) in [5.74, 6) is 0.899. The van der Waals surface area contributed by atoms with Crippen LogP contribution < -0.4 is 3.53 Å². The van der Waals surface area contributed by atoms with Crippen molar-refractivity contribution in [1.29, 1.82) is 0 Å². The first kappa shape index (κ1) is 7.79. The topological polar surface area (TPSA) is 12.0 Å². The molecular weight excluding hydrogens is 225 g/mol. The summed E-state index contributed by atoms with van der Waals surface area (Å²) in [6.45, 7) is 2.34. The highest BCUT2D eigenvalue weighted by molar-refractivity contribution is 14.1. The Balaban J connectivity index is 2.30. The predicted molar refractivity (Wildman–Crippen MR) is 48.6 cm³/mol. The van der Waals surface area contributed by atoms with E-state index in [9.17, 15) is 0 Å². The van der Waals surface area contributed by atoms with E-state index in [0.717, 1.165) is 12.0 Å². The molecule has 0 aromatic carbocycles. The van der Waals surface area contributed by atoms with Crippen LogP contribution >= 0.6 is 22.9 Å². The van der Waals surface area contributed by atoms with Crippen molar-refractivity contribution >= 4 is 22.9 Å². The number of hydrogen-bond donors (Lipinski definition) is 1. The minimum atomic E-state index is 0.791. The maximum atomic E-state index is 3.32. The number of hydrogen-bond acceptors (Lipinski definition) is 1. The van der Waals surface area contributed by atoms with Crippen molar-refractivity contribution in [2.24, 2.45) is 5.92 Å². The Morgan fingerprint density at radius 1 is 1.33 bits per heavy atom. The first-order chi connectivity index (χ1) is 4.34. The first-order valence-corrected chi connectivity index (χ1v) is 4.78. The second-order valence-electron chi connectivity index (χ2n) is 2.98. The predicted octanol–water partition coefficient (Wildman–Crippen LogP) is 2.50. The molecule has 0 spiro atoms. The van der Waals surface area contributed by atoms with E-state index in [1.165, 1.54) is 25.7 Å². The third-order valence-electron chi connectivity index (χ3n) is 2.25. The molecule has 54 valence electrons. The fourth-order valence-corrected chi connectivity index (χ4v) is 2.40. The monoisotopic (exact) mass is 239 g/mol. The molecular formula is C7H14IN. The van der Waals surface area contributed by atoms with Gasteiger partial charge in [-0.3, -0.25) is 3.53 Å². The van der Waals surface area contributed by atoms with Crippen molar-refractivity contribution in [3.63, 3.8) is 0 Å². The summed E-state index contributed by atoms with van der Waals surface area (Å²) in [6.07, 6.45) is 5.66. The van der Waals surface area contributed by atoms with Crippen molar-refractivity contribution in [3.05, 3.63) is 0 Å². The van der Waals surface area contributed by atoms with Gasteiger partial charge in [0.2, 0.25) is 0 Å². The molecule has 0 amide bonds. The van der Waals surface area contributed by atoms with Crippen LogP contribution in [0.1, 0.15) is 32.6 Å². The first-order valence-electron chi connectivity index (χ1n) is 3.70. The van der Waals surface area contributed by atoms with Gasteiger partial charge in [-0.25, -0.2) is 0 Å². The van der Waals surface area contributed by atoms with E-state index < -0.39 is 0 Å². The van der Waals surface area contributed by atoms with Gasteiger partial charge in [-0.15, -0.1) is 0 Å². The molecule has 2 atom stereocenters. The van der Waals surface area contributed by atoms with Crippen molar-refractivity contribution in [1.82, 2.24) is 3.53 Å². The molecule has 0 radical (unpaired) electrons. The molecule has 1 N–H and O–H groups in total. The average Bonchev–Trinajstić information content (AvgIpc) is 1.89. The molecule has 2 heteroatoms. The van der Waals surface area contributed by atoms with Crippen LogP contribution in [0, 0.1) is 5.92 Å². The molecule has 1 aliphatic carbocycles. The van der Waals surface area contributed by atoms with Gasteiger partial charge in [-0.05, 0) is 18.8 Å². The Morgan fingerprint density at radius 3 is 2.44 bits per heavy atom. The highest BCUT2D eigenvalue weighted by Crippen LogP contribution is 2.23. The van der Waals surface area contributed by atoms with Crippen LogP contribution in [0.3, 0.4) is 0 Å². The zero-order valence-electron chi connectivity index (χ0n) is 5.86. The molecule has 9 heavy (non-hydrogen) atoms. The fourth-order valence-electron chi connectivity index (χ4n) is 1.48. The van der Waals surface area contributed by atoms with Gasteiger partial charge in [0, 0.05) is 28.9 Å². The highest BCUT2D eigenvalue weighted by Gasteiger charge is 2.19. The third-order valence-corrected chi connectivity index (χ3v) is 3.05. The molecule has 1 fully saturated rings. The van der Waals surface area contributed by atoms with E-state index in [-0.39, 0.29) is 0 Å². The van der Waals surface area contributed by atoms with Gasteiger partial charge in [0.25, 0.3) is 0 Å². The van der Waals surface area contributed by atoms with Crippen LogP contribution in [0.25, 0.3) is 0 Å². The van der Waals surface area contributed by atoms with Crippen molar-refractivity contribution in [3.8, 4) is 0 Å². The Morgan fingerprint density at radius 2 is 2.00 bits per heavy atom. The summed E-state index contributed by atoms with van der Waals surface area (Å²) >= 11 is 2.27. The highest BCUT2D eigenvalue weighted by atomic mass is 127. The van der Waals surface area contributed by atoms with E-state index >= 15 is 0 Å². The van der Waals surface area contributed by atoms with Crippen LogP contribution in [0.2, 0.25) is 0 Å². The van der Waals surface area contributed by atoms with Gasteiger partial charge < -0.3 is 0 Å². The van der Waals surface area contributed by atoms with Crippen molar-refractivity contribution in [2.45, 2.75) is 38.6 Å². The Bertz CT molecular complexity index is 85.0. The molecule has 0 bridgehead atoms. The molecule has 0 unspecified atom stereocenters. The molecule has 0 heterocycles. The van der Waals surface area contributed by atoms with Crippen LogP contribution in [-0.4, -0.2) is 6.04 Å². The van der Waals surface area contributed by atoms with Gasteiger partial charge in [0.15, 0.2) is 0 Å². The summed E-state index contributed by atoms with van der Waals surface area (Å²) in [5.41, 5.74) is 0. The zero-order valence-corrected chi connectivity index (χ0v) is 8.02. The number of halogens is 1. The summed E-state index contributed by atoms with van der Waals surface area (Å²) in [5, 5.41) is 0. The lowest BCUT2D eigenvalue weighted by Gasteiger charge is -2.27. The van der Waals surface area contributed by atoms with Crippen LogP contribution in [0.15, 0.2) is 0 Å². The average molecular weight is 239 g/mol. The molecule has 1 aliphatic rings. The van der Waals surface area contributed by atoms with Gasteiger partial charge in [0.05, 0.1) is 0 Å². The molecule has 1 saturated carbocycles. The molecule has 0 aromatic rings. The number of nitrogens with one attached hydrogen (secondary N) is 1. The minimum Gasteiger partial charge on any atom is -0.258 e. The maximum absolute atomic E-state index is 3.32. The Hall–Kier alpha value is 0.690. The van der Waals surface area contributed by atoms with Gasteiger partial charge in [-0.1, -0.05) is 19.8 Å². The molecule has 0 aliphatic heterocycles. The van der Waals surface area contributed by atoms with Gasteiger partial charge >= 0.3 is 0 Å². The van der Waals surface area contributed by atoms with Gasteiger partial charge in [0.1, 0.15) is 0 Å². The van der Waals surface area contributed by atoms with E-state index in [1.807, 2.05) is 0 Å². The van der Waals surface area contributed by atoms with E-state index in [0.29, 0.717) is 0 Å². The van der Waals surface area contributed by atoms with E-state index in [4.69, 9.17) is 0 Å². The van der Waals surface area contributed by atoms with E-state index in [2.05, 4.69) is 33.3 Å². The summed E-state index contributed by atoms with van der Waals surface area (Å²) < 4.78 is 3.32. The summed E-state index contributed by atoms with van der Waals surface area (Å²) in [7, 11) is 0. The fraction of sp³-hybridized carbons (Fsp3) is 1.00. The molecule has 1 rings (SSSR count). The second-order valence-corrected chi connectivity index (χ2v) is 3.60. The maximum Gasteiger partial charge on any atom is 0.0189 e. The van der Waals surface area contributed by atoms with E-state index in [1.54, 1.807) is 0 Å². The normalized spacial score (nSPS) is 36.7. The Kier molecular flexibility index (Phi) is 3.26. The van der Waals surface area contributed by atoms with Crippen LogP contribution in [0.5, 0.6) is 0 Å². The molecule has 1 nitrogen and oxygen atoms in total. The lowest BCUT2D eigenvalue weighted by atomic mass is 9.87. The third kappa shape index (κ3) is 2.08. The molecule has 0 aromatic heterocycles. The summed E-state index contributed by atoms with van der Waals surface area (Å²) in [4.78, 5) is 0. The second kappa shape index (κ2) is 3.76. The van der Waals surface area contributed by atoms with Crippen molar-refractivity contribution < 1.29 is 0 Å². The quantitative estimate of drug-likeness (QED) is 0.547. The standard InChI is InChI=1S/C7H14IN/c1-6-4-2-3-5-7(6)9-8/h6-7,9H,2-5H2,1H3/t6-,7+/m0/s1. The lowest BCUT2D eigenvalue weighted by Crippen LogP contribution is -2.30. The van der Waals surface area contributed by atoms with Crippen LogP contribution in [0.4, 0.5) is 0 Å². The smallest absolute Gasteiger partial charge is 0.0189 e. The lowest BCUT2D eigenvalue weighted by molar-refractivity contribution is 0.321. The summed E-state index contributed by atoms with van der Waals surface area (Å²) in [6, 6.07) is 0.791. The number of rotatable bonds is 1. The van der Waals surface area contributed by atoms with Crippen LogP contribution in [-0.2, 0) is 0 Å². The Labute approximate surface area is 71.1 Å². The SMILES string of the molecule is C[C@H]1CCCC[C@H]1NI. The van der Waals surface area contributed by atoms with Gasteiger partial charge in [-0.2, -0.15) is 0 Å². The minimum absolute atomic E-state index is 0.791. The zero-order chi connectivity index (χ0) is 6.69. The molecule has 0 saturated heterocycles. The largest absolute Gasteiger partial charge is 0.258 e. The van der Waals surface area contributed by atoms with Crippen molar-refractivity contribution in [2.75, 3.05) is 0 Å².